The van der Waals surface area contributed by atoms with Crippen LogP contribution in [0.5, 0.6) is 0 Å². The van der Waals surface area contributed by atoms with Crippen LogP contribution >= 0.6 is 0 Å². The summed E-state index contributed by atoms with van der Waals surface area (Å²) in [4.78, 5) is 16.3. The number of nitrogens with two attached hydrogens (primary N) is 1. The molecule has 0 aliphatic carbocycles. The smallest absolute Gasteiger partial charge is 0.248 e. The molecule has 1 aliphatic heterocycles. The van der Waals surface area contributed by atoms with Crippen molar-refractivity contribution in [3.63, 3.8) is 0 Å². The maximum Gasteiger partial charge on any atom is 0.248 e. The van der Waals surface area contributed by atoms with Gasteiger partial charge in [-0.1, -0.05) is 13.8 Å². The van der Waals surface area contributed by atoms with Gasteiger partial charge in [0.15, 0.2) is 0 Å². The SMILES string of the molecule is CCN(CC)CC1CCN(C(=O)COCCN)CC1. The van der Waals surface area contributed by atoms with Crippen LogP contribution in [0.3, 0.4) is 0 Å². The number of carbonyl (C=O) groups is 1. The molecule has 0 aromatic heterocycles. The molecule has 1 fully saturated rings. The molecule has 1 aliphatic rings. The molecular weight excluding hydrogens is 242 g/mol. The largest absolute Gasteiger partial charge is 0.370 e. The second-order valence-corrected chi connectivity index (χ2v) is 5.15. The van der Waals surface area contributed by atoms with Crippen LogP contribution in [0.25, 0.3) is 0 Å². The van der Waals surface area contributed by atoms with Gasteiger partial charge in [-0.05, 0) is 31.8 Å². The molecule has 0 saturated carbocycles. The fourth-order valence-corrected chi connectivity index (χ4v) is 2.55. The summed E-state index contributed by atoms with van der Waals surface area (Å²) in [7, 11) is 0. The summed E-state index contributed by atoms with van der Waals surface area (Å²) in [6, 6.07) is 0. The molecule has 1 amide bonds. The predicted molar refractivity (Wildman–Crippen MR) is 77.0 cm³/mol. The first-order valence-corrected chi connectivity index (χ1v) is 7.49. The molecule has 112 valence electrons. The van der Waals surface area contributed by atoms with Crippen LogP contribution in [0.1, 0.15) is 26.7 Å². The molecule has 0 aromatic carbocycles. The molecule has 0 unspecified atom stereocenters. The lowest BCUT2D eigenvalue weighted by atomic mass is 9.96. The third kappa shape index (κ3) is 5.89. The van der Waals surface area contributed by atoms with E-state index in [0.29, 0.717) is 13.2 Å². The van der Waals surface area contributed by atoms with E-state index in [2.05, 4.69) is 18.7 Å². The average Bonchev–Trinajstić information content (AvgIpc) is 2.45. The van der Waals surface area contributed by atoms with Gasteiger partial charge in [-0.2, -0.15) is 0 Å². The zero-order chi connectivity index (χ0) is 14.1. The summed E-state index contributed by atoms with van der Waals surface area (Å²) < 4.78 is 5.20. The van der Waals surface area contributed by atoms with Gasteiger partial charge in [0.1, 0.15) is 6.61 Å². The molecule has 0 aromatic rings. The number of carbonyl (C=O) groups excluding carboxylic acids is 1. The average molecular weight is 271 g/mol. The monoisotopic (exact) mass is 271 g/mol. The van der Waals surface area contributed by atoms with Crippen LogP contribution in [0.2, 0.25) is 0 Å². The summed E-state index contributed by atoms with van der Waals surface area (Å²) in [5.41, 5.74) is 5.33. The number of piperidine rings is 1. The molecule has 0 atom stereocenters. The molecule has 5 nitrogen and oxygen atoms in total. The standard InChI is InChI=1S/C14H29N3O2/c1-3-16(4-2)11-13-5-8-17(9-6-13)14(18)12-19-10-7-15/h13H,3-12,15H2,1-2H3. The third-order valence-corrected chi connectivity index (χ3v) is 3.87. The van der Waals surface area contributed by atoms with Crippen LogP contribution in [-0.4, -0.2) is 68.2 Å². The molecule has 1 rings (SSSR count). The highest BCUT2D eigenvalue weighted by Crippen LogP contribution is 2.18. The summed E-state index contributed by atoms with van der Waals surface area (Å²) in [5.74, 6) is 0.837. The van der Waals surface area contributed by atoms with Crippen molar-refractivity contribution in [1.82, 2.24) is 9.80 Å². The van der Waals surface area contributed by atoms with Crippen molar-refractivity contribution in [3.8, 4) is 0 Å². The maximum absolute atomic E-state index is 11.9. The van der Waals surface area contributed by atoms with Crippen molar-refractivity contribution in [2.75, 3.05) is 52.5 Å². The molecule has 0 radical (unpaired) electrons. The van der Waals surface area contributed by atoms with Gasteiger partial charge < -0.3 is 20.3 Å². The van der Waals surface area contributed by atoms with Gasteiger partial charge in [-0.25, -0.2) is 0 Å². The number of rotatable bonds is 8. The van der Waals surface area contributed by atoms with E-state index in [0.717, 1.165) is 44.9 Å². The van der Waals surface area contributed by atoms with Crippen LogP contribution < -0.4 is 5.73 Å². The van der Waals surface area contributed by atoms with Crippen molar-refractivity contribution in [2.45, 2.75) is 26.7 Å². The van der Waals surface area contributed by atoms with Crippen LogP contribution in [-0.2, 0) is 9.53 Å². The minimum absolute atomic E-state index is 0.106. The Bertz CT molecular complexity index is 249. The molecule has 0 spiro atoms. The normalized spacial score (nSPS) is 17.2. The minimum Gasteiger partial charge on any atom is -0.370 e. The van der Waals surface area contributed by atoms with Gasteiger partial charge in [-0.15, -0.1) is 0 Å². The third-order valence-electron chi connectivity index (χ3n) is 3.87. The fourth-order valence-electron chi connectivity index (χ4n) is 2.55. The highest BCUT2D eigenvalue weighted by molar-refractivity contribution is 5.77. The minimum atomic E-state index is 0.106. The first-order chi connectivity index (χ1) is 9.21. The lowest BCUT2D eigenvalue weighted by Gasteiger charge is -2.34. The Morgan fingerprint density at radius 2 is 1.95 bits per heavy atom. The Hall–Kier alpha value is -0.650. The van der Waals surface area contributed by atoms with E-state index in [1.54, 1.807) is 0 Å². The molecule has 2 N–H and O–H groups in total. The highest BCUT2D eigenvalue weighted by atomic mass is 16.5. The van der Waals surface area contributed by atoms with E-state index in [4.69, 9.17) is 10.5 Å². The van der Waals surface area contributed by atoms with Crippen molar-refractivity contribution in [3.05, 3.63) is 0 Å². The van der Waals surface area contributed by atoms with E-state index >= 15 is 0 Å². The van der Waals surface area contributed by atoms with Crippen LogP contribution in [0.15, 0.2) is 0 Å². The number of amides is 1. The lowest BCUT2D eigenvalue weighted by Crippen LogP contribution is -2.43. The van der Waals surface area contributed by atoms with Gasteiger partial charge in [0.2, 0.25) is 5.91 Å². The highest BCUT2D eigenvalue weighted by Gasteiger charge is 2.23. The Kier molecular flexibility index (Phi) is 8.02. The van der Waals surface area contributed by atoms with Crippen LogP contribution in [0, 0.1) is 5.92 Å². The zero-order valence-corrected chi connectivity index (χ0v) is 12.4. The maximum atomic E-state index is 11.9. The molecular formula is C14H29N3O2. The van der Waals surface area contributed by atoms with Gasteiger partial charge in [0, 0.05) is 26.2 Å². The fraction of sp³-hybridized carbons (Fsp3) is 0.929. The molecule has 19 heavy (non-hydrogen) atoms. The van der Waals surface area contributed by atoms with Gasteiger partial charge in [0.25, 0.3) is 0 Å². The summed E-state index contributed by atoms with van der Waals surface area (Å²) in [6.07, 6.45) is 2.22. The number of nitrogens with zero attached hydrogens (tertiary/aromatic N) is 2. The Morgan fingerprint density at radius 1 is 1.32 bits per heavy atom. The first-order valence-electron chi connectivity index (χ1n) is 7.49. The first kappa shape index (κ1) is 16.4. The van der Waals surface area contributed by atoms with E-state index in [1.165, 1.54) is 6.54 Å². The second kappa shape index (κ2) is 9.28. The van der Waals surface area contributed by atoms with Gasteiger partial charge in [-0.3, -0.25) is 4.79 Å². The number of likely N-dealkylation sites (tertiary alicyclic amines) is 1. The number of hydrogen-bond donors (Lipinski definition) is 1. The molecule has 5 heteroatoms. The topological polar surface area (TPSA) is 58.8 Å². The summed E-state index contributed by atoms with van der Waals surface area (Å²) in [6.45, 7) is 10.7. The zero-order valence-electron chi connectivity index (χ0n) is 12.4. The summed E-state index contributed by atoms with van der Waals surface area (Å²) in [5, 5.41) is 0. The van der Waals surface area contributed by atoms with Gasteiger partial charge >= 0.3 is 0 Å². The van der Waals surface area contributed by atoms with Crippen molar-refractivity contribution in [2.24, 2.45) is 11.7 Å². The number of ether oxygens (including phenoxy) is 1. The Labute approximate surface area is 117 Å². The van der Waals surface area contributed by atoms with Crippen molar-refractivity contribution < 1.29 is 9.53 Å². The Balaban J connectivity index is 2.22. The quantitative estimate of drug-likeness (QED) is 0.655. The molecule has 0 bridgehead atoms. The van der Waals surface area contributed by atoms with E-state index in [-0.39, 0.29) is 12.5 Å². The van der Waals surface area contributed by atoms with E-state index < -0.39 is 0 Å². The van der Waals surface area contributed by atoms with Crippen LogP contribution in [0.4, 0.5) is 0 Å². The second-order valence-electron chi connectivity index (χ2n) is 5.15. The van der Waals surface area contributed by atoms with Gasteiger partial charge in [0.05, 0.1) is 6.61 Å². The predicted octanol–water partition coefficient (Wildman–Crippen LogP) is 0.542. The molecule has 1 saturated heterocycles. The van der Waals surface area contributed by atoms with Crippen molar-refractivity contribution in [1.29, 1.82) is 0 Å². The van der Waals surface area contributed by atoms with Crippen molar-refractivity contribution >= 4 is 5.91 Å². The van der Waals surface area contributed by atoms with E-state index in [9.17, 15) is 4.79 Å². The molecule has 1 heterocycles. The van der Waals surface area contributed by atoms with E-state index in [1.807, 2.05) is 4.90 Å². The Morgan fingerprint density at radius 3 is 2.47 bits per heavy atom. The number of hydrogen-bond acceptors (Lipinski definition) is 4. The lowest BCUT2D eigenvalue weighted by molar-refractivity contribution is -0.137. The summed E-state index contributed by atoms with van der Waals surface area (Å²) >= 11 is 0.